The van der Waals surface area contributed by atoms with E-state index < -0.39 is 8.56 Å². The van der Waals surface area contributed by atoms with Crippen LogP contribution < -0.4 is 0 Å². The fraction of sp³-hybridized carbons (Fsp3) is 0.750. The van der Waals surface area contributed by atoms with E-state index in [0.29, 0.717) is 0 Å². The molecule has 0 bridgehead atoms. The van der Waals surface area contributed by atoms with Crippen LogP contribution in [0.4, 0.5) is 0 Å². The second kappa shape index (κ2) is 9.76. The van der Waals surface area contributed by atoms with Crippen LogP contribution in [0.3, 0.4) is 0 Å². The van der Waals surface area contributed by atoms with Crippen molar-refractivity contribution in [2.24, 2.45) is 0 Å². The quantitative estimate of drug-likeness (QED) is 0.741. The molecule has 0 aliphatic rings. The van der Waals surface area contributed by atoms with Crippen LogP contribution in [0.1, 0.15) is 6.92 Å². The van der Waals surface area contributed by atoms with Crippen molar-refractivity contribution in [3.05, 3.63) is 12.3 Å². The zero-order valence-corrected chi connectivity index (χ0v) is 12.7. The van der Waals surface area contributed by atoms with E-state index in [4.69, 9.17) is 8.85 Å². The van der Waals surface area contributed by atoms with Gasteiger partial charge in [0.1, 0.15) is 0 Å². The van der Waals surface area contributed by atoms with Crippen LogP contribution >= 0.6 is 0 Å². The molecule has 0 aromatic carbocycles. The summed E-state index contributed by atoms with van der Waals surface area (Å²) in [6.07, 6.45) is 0. The van der Waals surface area contributed by atoms with Crippen molar-refractivity contribution in [3.8, 4) is 0 Å². The van der Waals surface area contributed by atoms with E-state index in [0.717, 1.165) is 6.04 Å². The predicted octanol–water partition coefficient (Wildman–Crippen LogP) is 2.25. The normalized spacial score (nSPS) is 10.1. The number of rotatable bonds is 4. The Bertz CT molecular complexity index is 97.0. The summed E-state index contributed by atoms with van der Waals surface area (Å²) in [6, 6.07) is 0.920. The van der Waals surface area contributed by atoms with Crippen molar-refractivity contribution in [2.45, 2.75) is 22.8 Å². The van der Waals surface area contributed by atoms with Crippen LogP contribution in [0.5, 0.6) is 0 Å². The molecule has 0 rings (SSSR count). The molecule has 0 spiro atoms. The van der Waals surface area contributed by atoms with Crippen LogP contribution in [0.2, 0.25) is 15.9 Å². The zero-order valence-electron chi connectivity index (χ0n) is 8.81. The summed E-state index contributed by atoms with van der Waals surface area (Å²) in [4.78, 5) is 4.59. The van der Waals surface area contributed by atoms with Gasteiger partial charge < -0.3 is 8.85 Å². The van der Waals surface area contributed by atoms with Crippen molar-refractivity contribution in [1.29, 1.82) is 0 Å². The molecule has 0 atom stereocenters. The minimum absolute atomic E-state index is 0.230. The molecule has 72 valence electrons. The monoisotopic (exact) mass is 296 g/mol. The fourth-order valence-corrected chi connectivity index (χ4v) is 2.05. The van der Waals surface area contributed by atoms with Gasteiger partial charge >= 0.3 is 39.6 Å². The molecule has 12 heavy (non-hydrogen) atoms. The summed E-state index contributed by atoms with van der Waals surface area (Å²) >= 11 is 0.230. The zero-order chi connectivity index (χ0) is 10.0. The molecular formula is C8H20O2SiSn. The van der Waals surface area contributed by atoms with Gasteiger partial charge in [-0.3, -0.25) is 0 Å². The first-order chi connectivity index (χ1) is 5.66. The van der Waals surface area contributed by atoms with Crippen LogP contribution in [0, 0.1) is 0 Å². The molecule has 0 aromatic heterocycles. The SMILES string of the molecule is C=C[Si](CC)(OC)OC.[CH3][Sn][CH3]. The fourth-order valence-electron chi connectivity index (χ4n) is 0.683. The standard InChI is InChI=1S/C6H14O2Si.2CH3.Sn/c1-5-9(6-2,7-3)8-4;;;/h5H,1,6H2,2-4H3;2*1H3;. The molecule has 0 aliphatic heterocycles. The van der Waals surface area contributed by atoms with E-state index in [1.54, 1.807) is 19.9 Å². The Morgan fingerprint density at radius 1 is 1.33 bits per heavy atom. The summed E-state index contributed by atoms with van der Waals surface area (Å²) in [5.74, 6) is 0. The Labute approximate surface area is 87.8 Å². The molecule has 0 saturated carbocycles. The Morgan fingerprint density at radius 3 is 1.67 bits per heavy atom. The first-order valence-corrected chi connectivity index (χ1v) is 11.8. The maximum atomic E-state index is 5.18. The van der Waals surface area contributed by atoms with Gasteiger partial charge in [-0.15, -0.1) is 6.58 Å². The van der Waals surface area contributed by atoms with Gasteiger partial charge in [0.05, 0.1) is 0 Å². The molecule has 0 N–H and O–H groups in total. The van der Waals surface area contributed by atoms with E-state index in [1.807, 2.05) is 6.92 Å². The van der Waals surface area contributed by atoms with Crippen molar-refractivity contribution in [3.63, 3.8) is 0 Å². The average Bonchev–Trinajstić information content (AvgIpc) is 2.11. The van der Waals surface area contributed by atoms with Gasteiger partial charge in [-0.25, -0.2) is 0 Å². The molecule has 0 unspecified atom stereocenters. The molecule has 0 saturated heterocycles. The van der Waals surface area contributed by atoms with Gasteiger partial charge in [0.25, 0.3) is 0 Å². The van der Waals surface area contributed by atoms with Crippen LogP contribution in [0.15, 0.2) is 12.3 Å². The van der Waals surface area contributed by atoms with Gasteiger partial charge in [-0.1, -0.05) is 6.92 Å². The van der Waals surface area contributed by atoms with Crippen LogP contribution in [0.25, 0.3) is 0 Å². The molecular weight excluding hydrogens is 275 g/mol. The third-order valence-electron chi connectivity index (χ3n) is 1.49. The third-order valence-corrected chi connectivity index (χ3v) is 4.48. The van der Waals surface area contributed by atoms with Crippen molar-refractivity contribution < 1.29 is 8.85 Å². The first kappa shape index (κ1) is 15.2. The second-order valence-electron chi connectivity index (χ2n) is 2.28. The molecule has 0 heterocycles. The third kappa shape index (κ3) is 6.22. The predicted molar refractivity (Wildman–Crippen MR) is 57.9 cm³/mol. The van der Waals surface area contributed by atoms with Crippen molar-refractivity contribution >= 4 is 29.7 Å². The van der Waals surface area contributed by atoms with Crippen LogP contribution in [-0.2, 0) is 8.85 Å². The van der Waals surface area contributed by atoms with Gasteiger partial charge in [-0.05, 0) is 11.7 Å². The van der Waals surface area contributed by atoms with Gasteiger partial charge in [-0.2, -0.15) is 0 Å². The number of hydrogen-bond acceptors (Lipinski definition) is 2. The van der Waals surface area contributed by atoms with Gasteiger partial charge in [0.2, 0.25) is 0 Å². The summed E-state index contributed by atoms with van der Waals surface area (Å²) < 4.78 is 10.4. The van der Waals surface area contributed by atoms with E-state index >= 15 is 0 Å². The Morgan fingerprint density at radius 2 is 1.67 bits per heavy atom. The molecule has 2 radical (unpaired) electrons. The van der Waals surface area contributed by atoms with E-state index in [2.05, 4.69) is 16.5 Å². The Balaban J connectivity index is 0. The van der Waals surface area contributed by atoms with Crippen molar-refractivity contribution in [2.75, 3.05) is 14.2 Å². The second-order valence-corrected chi connectivity index (χ2v) is 8.69. The van der Waals surface area contributed by atoms with E-state index in [1.165, 1.54) is 0 Å². The molecule has 0 aliphatic carbocycles. The Hall–Kier alpha value is 0.676. The summed E-state index contributed by atoms with van der Waals surface area (Å²) in [7, 11) is 1.41. The minimum atomic E-state index is -1.93. The Kier molecular flexibility index (Phi) is 12.3. The molecule has 0 fully saturated rings. The number of hydrogen-bond donors (Lipinski definition) is 0. The summed E-state index contributed by atoms with van der Waals surface area (Å²) in [6.45, 7) is 5.70. The van der Waals surface area contributed by atoms with Crippen molar-refractivity contribution in [1.82, 2.24) is 0 Å². The molecule has 4 heteroatoms. The molecule has 2 nitrogen and oxygen atoms in total. The maximum absolute atomic E-state index is 5.18. The van der Waals surface area contributed by atoms with E-state index in [9.17, 15) is 0 Å². The van der Waals surface area contributed by atoms with Gasteiger partial charge in [0.15, 0.2) is 0 Å². The summed E-state index contributed by atoms with van der Waals surface area (Å²) in [5.41, 5.74) is 1.80. The van der Waals surface area contributed by atoms with E-state index in [-0.39, 0.29) is 21.1 Å². The summed E-state index contributed by atoms with van der Waals surface area (Å²) in [5, 5.41) is 0. The molecule has 0 amide bonds. The van der Waals surface area contributed by atoms with Gasteiger partial charge in [0, 0.05) is 14.2 Å². The van der Waals surface area contributed by atoms with Crippen LogP contribution in [-0.4, -0.2) is 43.9 Å². The first-order valence-electron chi connectivity index (χ1n) is 3.98. The average molecular weight is 295 g/mol. The molecule has 0 aromatic rings. The topological polar surface area (TPSA) is 18.5 Å².